The summed E-state index contributed by atoms with van der Waals surface area (Å²) in [4.78, 5) is 10.7. The summed E-state index contributed by atoms with van der Waals surface area (Å²) >= 11 is 0. The fraction of sp³-hybridized carbons (Fsp3) is 0.471. The molecule has 1 saturated heterocycles. The molecule has 1 aromatic carbocycles. The second-order valence-electron chi connectivity index (χ2n) is 6.63. The van der Waals surface area contributed by atoms with E-state index in [2.05, 4.69) is 65.2 Å². The minimum absolute atomic E-state index is 0.145. The number of piperazine rings is 1. The highest BCUT2D eigenvalue weighted by atomic mass is 15.3. The Morgan fingerprint density at radius 3 is 2.67 bits per heavy atom. The van der Waals surface area contributed by atoms with E-state index >= 15 is 0 Å². The van der Waals surface area contributed by atoms with E-state index < -0.39 is 0 Å². The maximum Gasteiger partial charge on any atom is 0.125 e. The molecule has 0 aliphatic carbocycles. The van der Waals surface area contributed by atoms with Crippen molar-refractivity contribution in [3.8, 4) is 11.3 Å². The van der Waals surface area contributed by atoms with Gasteiger partial charge in [0, 0.05) is 25.2 Å². The Bertz CT molecular complexity index is 582. The van der Waals surface area contributed by atoms with Crippen LogP contribution in [0.1, 0.15) is 32.6 Å². The largest absolute Gasteiger partial charge is 0.341 e. The smallest absolute Gasteiger partial charge is 0.125 e. The zero-order chi connectivity index (χ0) is 14.9. The van der Waals surface area contributed by atoms with Crippen LogP contribution in [-0.2, 0) is 0 Å². The molecule has 2 heterocycles. The number of aromatic amines is 1. The van der Waals surface area contributed by atoms with Gasteiger partial charge in [0.1, 0.15) is 5.82 Å². The first-order valence-corrected chi connectivity index (χ1v) is 7.63. The molecule has 0 spiro atoms. The number of benzene rings is 1. The van der Waals surface area contributed by atoms with Crippen molar-refractivity contribution in [1.29, 1.82) is 0 Å². The third kappa shape index (κ3) is 3.01. The first kappa shape index (κ1) is 14.3. The van der Waals surface area contributed by atoms with E-state index in [0.29, 0.717) is 6.04 Å². The van der Waals surface area contributed by atoms with Gasteiger partial charge >= 0.3 is 0 Å². The van der Waals surface area contributed by atoms with Crippen LogP contribution >= 0.6 is 0 Å². The van der Waals surface area contributed by atoms with E-state index in [1.807, 2.05) is 12.3 Å². The molecular formula is C17H24N4. The number of H-pyrrole nitrogens is 1. The third-order valence-corrected chi connectivity index (χ3v) is 4.10. The highest BCUT2D eigenvalue weighted by molar-refractivity contribution is 5.58. The van der Waals surface area contributed by atoms with Crippen molar-refractivity contribution >= 4 is 0 Å². The van der Waals surface area contributed by atoms with Crippen molar-refractivity contribution in [2.24, 2.45) is 0 Å². The molecule has 4 nitrogen and oxygen atoms in total. The van der Waals surface area contributed by atoms with Gasteiger partial charge in [-0.3, -0.25) is 4.90 Å². The molecule has 0 bridgehead atoms. The minimum Gasteiger partial charge on any atom is -0.341 e. The standard InChI is InChI=1S/C17H24N4/c1-17(2,3)21-10-9-18-12-15(21)16-19-11-14(20-16)13-7-5-4-6-8-13/h4-8,11,15,18H,9-10,12H2,1-3H3,(H,19,20). The molecule has 2 aromatic rings. The maximum atomic E-state index is 4.64. The van der Waals surface area contributed by atoms with Gasteiger partial charge in [-0.25, -0.2) is 4.98 Å². The van der Waals surface area contributed by atoms with Crippen LogP contribution in [0.15, 0.2) is 36.5 Å². The maximum absolute atomic E-state index is 4.64. The Balaban J connectivity index is 1.88. The van der Waals surface area contributed by atoms with Gasteiger partial charge in [-0.2, -0.15) is 0 Å². The zero-order valence-electron chi connectivity index (χ0n) is 13.1. The van der Waals surface area contributed by atoms with Gasteiger partial charge in [0.2, 0.25) is 0 Å². The summed E-state index contributed by atoms with van der Waals surface area (Å²) in [7, 11) is 0. The van der Waals surface area contributed by atoms with Gasteiger partial charge in [0.15, 0.2) is 0 Å². The number of imidazole rings is 1. The minimum atomic E-state index is 0.145. The lowest BCUT2D eigenvalue weighted by Crippen LogP contribution is -2.54. The Morgan fingerprint density at radius 1 is 1.19 bits per heavy atom. The SMILES string of the molecule is CC(C)(C)N1CCNCC1c1ncc(-c2ccccc2)[nH]1. The quantitative estimate of drug-likeness (QED) is 0.891. The van der Waals surface area contributed by atoms with E-state index in [9.17, 15) is 0 Å². The van der Waals surface area contributed by atoms with Crippen LogP contribution in [0.3, 0.4) is 0 Å². The predicted molar refractivity (Wildman–Crippen MR) is 86.1 cm³/mol. The molecule has 1 unspecified atom stereocenters. The summed E-state index contributed by atoms with van der Waals surface area (Å²) in [5, 5.41) is 3.48. The molecule has 0 saturated carbocycles. The monoisotopic (exact) mass is 284 g/mol. The normalized spacial score (nSPS) is 20.6. The van der Waals surface area contributed by atoms with Crippen LogP contribution in [0, 0.1) is 0 Å². The van der Waals surface area contributed by atoms with Crippen LogP contribution in [0.25, 0.3) is 11.3 Å². The molecule has 1 aromatic heterocycles. The molecular weight excluding hydrogens is 260 g/mol. The van der Waals surface area contributed by atoms with Crippen molar-refractivity contribution in [3.05, 3.63) is 42.4 Å². The lowest BCUT2D eigenvalue weighted by Gasteiger charge is -2.44. The van der Waals surface area contributed by atoms with Gasteiger partial charge in [-0.05, 0) is 26.3 Å². The van der Waals surface area contributed by atoms with Crippen LogP contribution in [0.4, 0.5) is 0 Å². The van der Waals surface area contributed by atoms with Crippen molar-refractivity contribution in [2.75, 3.05) is 19.6 Å². The molecule has 0 amide bonds. The average Bonchev–Trinajstić information content (AvgIpc) is 2.97. The van der Waals surface area contributed by atoms with Crippen LogP contribution in [-0.4, -0.2) is 40.0 Å². The Labute approximate surface area is 126 Å². The average molecular weight is 284 g/mol. The number of hydrogen-bond acceptors (Lipinski definition) is 3. The number of hydrogen-bond donors (Lipinski definition) is 2. The predicted octanol–water partition coefficient (Wildman–Crippen LogP) is 2.82. The van der Waals surface area contributed by atoms with E-state index in [-0.39, 0.29) is 5.54 Å². The molecule has 21 heavy (non-hydrogen) atoms. The van der Waals surface area contributed by atoms with Crippen molar-refractivity contribution in [1.82, 2.24) is 20.2 Å². The summed E-state index contributed by atoms with van der Waals surface area (Å²) in [6.07, 6.45) is 1.94. The number of nitrogens with one attached hydrogen (secondary N) is 2. The van der Waals surface area contributed by atoms with Gasteiger partial charge in [-0.1, -0.05) is 30.3 Å². The summed E-state index contributed by atoms with van der Waals surface area (Å²) in [6.45, 7) is 9.85. The topological polar surface area (TPSA) is 44.0 Å². The second-order valence-corrected chi connectivity index (χ2v) is 6.63. The fourth-order valence-corrected chi connectivity index (χ4v) is 3.02. The highest BCUT2D eigenvalue weighted by Gasteiger charge is 2.33. The number of rotatable bonds is 2. The van der Waals surface area contributed by atoms with E-state index in [0.717, 1.165) is 31.2 Å². The molecule has 1 fully saturated rings. The van der Waals surface area contributed by atoms with Gasteiger partial charge in [-0.15, -0.1) is 0 Å². The lowest BCUT2D eigenvalue weighted by molar-refractivity contribution is 0.0567. The molecule has 112 valence electrons. The molecule has 4 heteroatoms. The molecule has 2 N–H and O–H groups in total. The fourth-order valence-electron chi connectivity index (χ4n) is 3.02. The number of nitrogens with zero attached hydrogens (tertiary/aromatic N) is 2. The molecule has 1 atom stereocenters. The Hall–Kier alpha value is -1.65. The summed E-state index contributed by atoms with van der Waals surface area (Å²) in [5.74, 6) is 1.05. The van der Waals surface area contributed by atoms with Gasteiger partial charge in [0.05, 0.1) is 17.9 Å². The molecule has 0 radical (unpaired) electrons. The summed E-state index contributed by atoms with van der Waals surface area (Å²) < 4.78 is 0. The van der Waals surface area contributed by atoms with Crippen molar-refractivity contribution in [2.45, 2.75) is 32.4 Å². The van der Waals surface area contributed by atoms with E-state index in [4.69, 9.17) is 0 Å². The van der Waals surface area contributed by atoms with E-state index in [1.165, 1.54) is 5.56 Å². The zero-order valence-corrected chi connectivity index (χ0v) is 13.1. The Morgan fingerprint density at radius 2 is 1.95 bits per heavy atom. The summed E-state index contributed by atoms with van der Waals surface area (Å²) in [5.41, 5.74) is 2.42. The van der Waals surface area contributed by atoms with Crippen LogP contribution in [0.2, 0.25) is 0 Å². The molecule has 1 aliphatic heterocycles. The first-order valence-electron chi connectivity index (χ1n) is 7.63. The lowest BCUT2D eigenvalue weighted by atomic mass is 10.0. The van der Waals surface area contributed by atoms with Crippen LogP contribution < -0.4 is 5.32 Å². The Kier molecular flexibility index (Phi) is 3.83. The van der Waals surface area contributed by atoms with Gasteiger partial charge < -0.3 is 10.3 Å². The highest BCUT2D eigenvalue weighted by Crippen LogP contribution is 2.29. The summed E-state index contributed by atoms with van der Waals surface area (Å²) in [6, 6.07) is 10.7. The van der Waals surface area contributed by atoms with Gasteiger partial charge in [0.25, 0.3) is 0 Å². The first-order chi connectivity index (χ1) is 10.1. The third-order valence-electron chi connectivity index (χ3n) is 4.10. The van der Waals surface area contributed by atoms with Crippen LogP contribution in [0.5, 0.6) is 0 Å². The second kappa shape index (κ2) is 5.62. The molecule has 3 rings (SSSR count). The molecule has 1 aliphatic rings. The van der Waals surface area contributed by atoms with E-state index in [1.54, 1.807) is 0 Å². The van der Waals surface area contributed by atoms with Crippen molar-refractivity contribution in [3.63, 3.8) is 0 Å². The van der Waals surface area contributed by atoms with Crippen molar-refractivity contribution < 1.29 is 0 Å². The number of aromatic nitrogens is 2.